The summed E-state index contributed by atoms with van der Waals surface area (Å²) >= 11 is 7.04. The van der Waals surface area contributed by atoms with Gasteiger partial charge in [0, 0.05) is 11.3 Å². The van der Waals surface area contributed by atoms with Crippen LogP contribution in [-0.4, -0.2) is 21.0 Å². The zero-order valence-corrected chi connectivity index (χ0v) is 18.6. The Morgan fingerprint density at radius 1 is 0.926 bits per heavy atom. The molecule has 27 heavy (non-hydrogen) atoms. The zero-order chi connectivity index (χ0) is 19.3. The van der Waals surface area contributed by atoms with Crippen LogP contribution in [0.3, 0.4) is 0 Å². The standard InChI is InChI=1S/C22H35N3S2/c1-3-4-5-6-7-8-9-10-11-12-13-18-21-23-22(26)24-25(21)19-16-14-15-17-20(19)27-2/h14-17H,3-13,18H2,1-2H3,(H,24,26). The zero-order valence-electron chi connectivity index (χ0n) is 17.0. The lowest BCUT2D eigenvalue weighted by atomic mass is 10.1. The number of aromatic amines is 1. The molecule has 0 saturated heterocycles. The van der Waals surface area contributed by atoms with Crippen molar-refractivity contribution in [1.29, 1.82) is 0 Å². The van der Waals surface area contributed by atoms with Gasteiger partial charge in [-0.05, 0) is 37.0 Å². The fourth-order valence-electron chi connectivity index (χ4n) is 3.48. The number of benzene rings is 1. The number of nitrogens with one attached hydrogen (secondary N) is 1. The van der Waals surface area contributed by atoms with Crippen LogP contribution < -0.4 is 0 Å². The Bertz CT molecular complexity index is 706. The molecule has 0 aliphatic rings. The van der Waals surface area contributed by atoms with Gasteiger partial charge in [-0.15, -0.1) is 11.8 Å². The Morgan fingerprint density at radius 2 is 1.52 bits per heavy atom. The molecule has 1 aromatic carbocycles. The first kappa shape index (κ1) is 22.2. The summed E-state index contributed by atoms with van der Waals surface area (Å²) in [6.45, 7) is 2.28. The number of aryl methyl sites for hydroxylation is 1. The normalized spacial score (nSPS) is 11.2. The molecule has 2 aromatic rings. The number of hydrogen-bond acceptors (Lipinski definition) is 3. The van der Waals surface area contributed by atoms with E-state index in [1.54, 1.807) is 11.8 Å². The van der Waals surface area contributed by atoms with E-state index < -0.39 is 0 Å². The van der Waals surface area contributed by atoms with Gasteiger partial charge in [0.05, 0.1) is 5.69 Å². The lowest BCUT2D eigenvalue weighted by Crippen LogP contribution is -2.04. The molecule has 0 aliphatic carbocycles. The van der Waals surface area contributed by atoms with E-state index in [9.17, 15) is 0 Å². The van der Waals surface area contributed by atoms with Crippen molar-refractivity contribution in [2.45, 2.75) is 88.9 Å². The van der Waals surface area contributed by atoms with Crippen LogP contribution in [0.1, 0.15) is 83.4 Å². The predicted molar refractivity (Wildman–Crippen MR) is 121 cm³/mol. The summed E-state index contributed by atoms with van der Waals surface area (Å²) in [7, 11) is 0. The van der Waals surface area contributed by atoms with Crippen molar-refractivity contribution >= 4 is 24.0 Å². The van der Waals surface area contributed by atoms with Crippen molar-refractivity contribution in [1.82, 2.24) is 14.8 Å². The minimum atomic E-state index is 0.573. The minimum absolute atomic E-state index is 0.573. The number of H-pyrrole nitrogens is 1. The molecule has 0 spiro atoms. The summed E-state index contributed by atoms with van der Waals surface area (Å²) in [5.74, 6) is 1.05. The molecular formula is C22H35N3S2. The maximum Gasteiger partial charge on any atom is 0.213 e. The van der Waals surface area contributed by atoms with Gasteiger partial charge in [-0.2, -0.15) is 0 Å². The van der Waals surface area contributed by atoms with E-state index in [1.165, 1.54) is 75.5 Å². The Kier molecular flexibility index (Phi) is 10.8. The monoisotopic (exact) mass is 405 g/mol. The van der Waals surface area contributed by atoms with Gasteiger partial charge < -0.3 is 0 Å². The molecule has 0 amide bonds. The van der Waals surface area contributed by atoms with Crippen molar-refractivity contribution in [3.8, 4) is 5.69 Å². The van der Waals surface area contributed by atoms with E-state index in [4.69, 9.17) is 12.2 Å². The number of unbranched alkanes of at least 4 members (excludes halogenated alkanes) is 10. The third-order valence-corrected chi connectivity index (χ3v) is 5.99. The van der Waals surface area contributed by atoms with Gasteiger partial charge in [-0.3, -0.25) is 5.10 Å². The van der Waals surface area contributed by atoms with E-state index in [0.717, 1.165) is 17.9 Å². The summed E-state index contributed by atoms with van der Waals surface area (Å²) in [6.07, 6.45) is 18.1. The highest BCUT2D eigenvalue weighted by Crippen LogP contribution is 2.24. The fourth-order valence-corrected chi connectivity index (χ4v) is 4.26. The van der Waals surface area contributed by atoms with E-state index in [0.29, 0.717) is 4.77 Å². The summed E-state index contributed by atoms with van der Waals surface area (Å²) in [5, 5.41) is 3.23. The maximum absolute atomic E-state index is 5.29. The molecule has 1 aromatic heterocycles. The number of thioether (sulfide) groups is 1. The topological polar surface area (TPSA) is 33.6 Å². The lowest BCUT2D eigenvalue weighted by molar-refractivity contribution is 0.546. The van der Waals surface area contributed by atoms with Crippen LogP contribution in [0.4, 0.5) is 0 Å². The first-order valence-electron chi connectivity index (χ1n) is 10.6. The quantitative estimate of drug-likeness (QED) is 0.201. The number of hydrogen-bond donors (Lipinski definition) is 1. The Labute approximate surface area is 174 Å². The SMILES string of the molecule is CCCCCCCCCCCCCc1nc(=S)[nH]n1-c1ccccc1SC. The van der Waals surface area contributed by atoms with Gasteiger partial charge in [0.25, 0.3) is 0 Å². The minimum Gasteiger partial charge on any atom is -0.266 e. The van der Waals surface area contributed by atoms with Crippen LogP contribution in [0.2, 0.25) is 0 Å². The third-order valence-electron chi connectivity index (χ3n) is 5.03. The second-order valence-electron chi connectivity index (χ2n) is 7.24. The van der Waals surface area contributed by atoms with Gasteiger partial charge in [0.1, 0.15) is 5.82 Å². The maximum atomic E-state index is 5.29. The van der Waals surface area contributed by atoms with Crippen molar-refractivity contribution in [3.63, 3.8) is 0 Å². The first-order valence-corrected chi connectivity index (χ1v) is 12.2. The summed E-state index contributed by atoms with van der Waals surface area (Å²) in [6, 6.07) is 8.41. The van der Waals surface area contributed by atoms with Crippen LogP contribution in [0.15, 0.2) is 29.2 Å². The second kappa shape index (κ2) is 13.2. The Hall–Kier alpha value is -1.07. The van der Waals surface area contributed by atoms with Crippen molar-refractivity contribution in [2.75, 3.05) is 6.26 Å². The van der Waals surface area contributed by atoms with Crippen molar-refractivity contribution in [2.24, 2.45) is 0 Å². The molecule has 0 fully saturated rings. The summed E-state index contributed by atoms with van der Waals surface area (Å²) < 4.78 is 2.65. The van der Waals surface area contributed by atoms with Crippen LogP contribution in [0, 0.1) is 4.77 Å². The molecule has 0 unspecified atom stereocenters. The average Bonchev–Trinajstić information content (AvgIpc) is 3.06. The van der Waals surface area contributed by atoms with Crippen LogP contribution >= 0.6 is 24.0 Å². The molecule has 5 heteroatoms. The van der Waals surface area contributed by atoms with Gasteiger partial charge in [0.2, 0.25) is 4.77 Å². The van der Waals surface area contributed by atoms with Crippen molar-refractivity contribution < 1.29 is 0 Å². The molecule has 0 saturated carbocycles. The largest absolute Gasteiger partial charge is 0.266 e. The molecule has 3 nitrogen and oxygen atoms in total. The van der Waals surface area contributed by atoms with Gasteiger partial charge >= 0.3 is 0 Å². The number of rotatable bonds is 14. The highest BCUT2D eigenvalue weighted by molar-refractivity contribution is 7.98. The van der Waals surface area contributed by atoms with E-state index >= 15 is 0 Å². The van der Waals surface area contributed by atoms with E-state index in [-0.39, 0.29) is 0 Å². The predicted octanol–water partition coefficient (Wildman–Crippen LogP) is 7.51. The highest BCUT2D eigenvalue weighted by atomic mass is 32.2. The van der Waals surface area contributed by atoms with Crippen molar-refractivity contribution in [3.05, 3.63) is 34.9 Å². The summed E-state index contributed by atoms with van der Waals surface area (Å²) in [5.41, 5.74) is 1.15. The number of para-hydroxylation sites is 1. The molecule has 0 radical (unpaired) electrons. The number of aromatic nitrogens is 3. The molecule has 0 aliphatic heterocycles. The fraction of sp³-hybridized carbons (Fsp3) is 0.636. The average molecular weight is 406 g/mol. The Morgan fingerprint density at radius 3 is 2.15 bits per heavy atom. The van der Waals surface area contributed by atoms with Crippen LogP contribution in [0.5, 0.6) is 0 Å². The highest BCUT2D eigenvalue weighted by Gasteiger charge is 2.10. The van der Waals surface area contributed by atoms with Gasteiger partial charge in [-0.1, -0.05) is 83.3 Å². The smallest absolute Gasteiger partial charge is 0.213 e. The molecule has 1 heterocycles. The van der Waals surface area contributed by atoms with Gasteiger partial charge in [0.15, 0.2) is 0 Å². The first-order chi connectivity index (χ1) is 13.3. The Balaban J connectivity index is 1.71. The van der Waals surface area contributed by atoms with Crippen LogP contribution in [-0.2, 0) is 6.42 Å². The third kappa shape index (κ3) is 7.82. The lowest BCUT2D eigenvalue weighted by Gasteiger charge is -2.10. The second-order valence-corrected chi connectivity index (χ2v) is 8.47. The summed E-state index contributed by atoms with van der Waals surface area (Å²) in [4.78, 5) is 5.80. The molecule has 0 bridgehead atoms. The molecule has 150 valence electrons. The van der Waals surface area contributed by atoms with E-state index in [1.807, 2.05) is 0 Å². The van der Waals surface area contributed by atoms with Gasteiger partial charge in [-0.25, -0.2) is 9.67 Å². The van der Waals surface area contributed by atoms with Crippen LogP contribution in [0.25, 0.3) is 5.69 Å². The number of nitrogens with zero attached hydrogens (tertiary/aromatic N) is 2. The molecule has 1 N–H and O–H groups in total. The molecule has 2 rings (SSSR count). The molecule has 0 atom stereocenters. The van der Waals surface area contributed by atoms with E-state index in [2.05, 4.69) is 52.2 Å². The molecular weight excluding hydrogens is 370 g/mol.